The van der Waals surface area contributed by atoms with Gasteiger partial charge in [-0.25, -0.2) is 4.79 Å². The maximum Gasteiger partial charge on any atom is 0.328 e. The molecule has 0 saturated heterocycles. The normalized spacial score (nSPS) is 14.0. The van der Waals surface area contributed by atoms with Gasteiger partial charge in [-0.3, -0.25) is 0 Å². The average Bonchev–Trinajstić information content (AvgIpc) is 1.83. The molecule has 1 atom stereocenters. The number of hydrogen-bond acceptors (Lipinski definition) is 2. The standard InChI is InChI=1S/C6H10O3/c1-2-5(7)3-4-6(8)9/h3-5,7H,2H2,1H3,(H,8,9)/b4-3+. The van der Waals surface area contributed by atoms with E-state index >= 15 is 0 Å². The highest BCUT2D eigenvalue weighted by molar-refractivity contribution is 5.79. The molecule has 0 fully saturated rings. The van der Waals surface area contributed by atoms with E-state index in [1.807, 2.05) is 0 Å². The van der Waals surface area contributed by atoms with Crippen molar-refractivity contribution < 1.29 is 15.0 Å². The molecule has 3 nitrogen and oxygen atoms in total. The Morgan fingerprint density at radius 3 is 2.67 bits per heavy atom. The zero-order valence-corrected chi connectivity index (χ0v) is 5.24. The smallest absolute Gasteiger partial charge is 0.328 e. The van der Waals surface area contributed by atoms with E-state index in [1.165, 1.54) is 6.08 Å². The number of aliphatic hydroxyl groups excluding tert-OH is 1. The van der Waals surface area contributed by atoms with E-state index in [-0.39, 0.29) is 0 Å². The van der Waals surface area contributed by atoms with Crippen molar-refractivity contribution in [3.63, 3.8) is 0 Å². The van der Waals surface area contributed by atoms with Crippen LogP contribution in [0.4, 0.5) is 0 Å². The molecule has 0 bridgehead atoms. The summed E-state index contributed by atoms with van der Waals surface area (Å²) in [5, 5.41) is 16.8. The summed E-state index contributed by atoms with van der Waals surface area (Å²) in [6.07, 6.45) is 2.11. The van der Waals surface area contributed by atoms with Gasteiger partial charge < -0.3 is 10.2 Å². The molecule has 52 valence electrons. The lowest BCUT2D eigenvalue weighted by atomic mass is 10.2. The fraction of sp³-hybridized carbons (Fsp3) is 0.500. The van der Waals surface area contributed by atoms with Gasteiger partial charge in [0.15, 0.2) is 0 Å². The van der Waals surface area contributed by atoms with Gasteiger partial charge in [0.2, 0.25) is 0 Å². The van der Waals surface area contributed by atoms with Crippen LogP contribution in [0.15, 0.2) is 12.2 Å². The number of hydrogen-bond donors (Lipinski definition) is 2. The van der Waals surface area contributed by atoms with Gasteiger partial charge in [0.05, 0.1) is 6.10 Å². The van der Waals surface area contributed by atoms with Gasteiger partial charge >= 0.3 is 5.97 Å². The minimum atomic E-state index is -1.03. The van der Waals surface area contributed by atoms with Gasteiger partial charge in [0.25, 0.3) is 0 Å². The van der Waals surface area contributed by atoms with Crippen LogP contribution in [0.1, 0.15) is 13.3 Å². The lowest BCUT2D eigenvalue weighted by Crippen LogP contribution is -2.00. The van der Waals surface area contributed by atoms with Crippen LogP contribution in [0.2, 0.25) is 0 Å². The fourth-order valence-electron chi connectivity index (χ4n) is 0.329. The molecule has 0 saturated carbocycles. The zero-order chi connectivity index (χ0) is 7.28. The van der Waals surface area contributed by atoms with Crippen molar-refractivity contribution >= 4 is 5.97 Å². The number of carboxylic acids is 1. The molecule has 0 radical (unpaired) electrons. The first kappa shape index (κ1) is 8.17. The molecule has 0 amide bonds. The van der Waals surface area contributed by atoms with Crippen LogP contribution < -0.4 is 0 Å². The summed E-state index contributed by atoms with van der Waals surface area (Å²) in [5.41, 5.74) is 0. The lowest BCUT2D eigenvalue weighted by Gasteiger charge is -1.95. The summed E-state index contributed by atoms with van der Waals surface area (Å²) < 4.78 is 0. The largest absolute Gasteiger partial charge is 0.478 e. The molecule has 0 aliphatic carbocycles. The van der Waals surface area contributed by atoms with Crippen molar-refractivity contribution in [2.75, 3.05) is 0 Å². The molecule has 0 heterocycles. The summed E-state index contributed by atoms with van der Waals surface area (Å²) >= 11 is 0. The predicted octanol–water partition coefficient (Wildman–Crippen LogP) is 0.398. The maximum absolute atomic E-state index is 9.82. The van der Waals surface area contributed by atoms with E-state index in [9.17, 15) is 4.79 Å². The Hall–Kier alpha value is -0.830. The molecule has 0 rings (SSSR count). The predicted molar refractivity (Wildman–Crippen MR) is 33.1 cm³/mol. The third kappa shape index (κ3) is 5.03. The van der Waals surface area contributed by atoms with Gasteiger partial charge in [-0.2, -0.15) is 0 Å². The van der Waals surface area contributed by atoms with E-state index in [1.54, 1.807) is 6.92 Å². The van der Waals surface area contributed by atoms with E-state index in [2.05, 4.69) is 0 Å². The number of rotatable bonds is 3. The first-order valence-corrected chi connectivity index (χ1v) is 2.76. The topological polar surface area (TPSA) is 57.5 Å². The highest BCUT2D eigenvalue weighted by Crippen LogP contribution is 1.90. The van der Waals surface area contributed by atoms with Crippen LogP contribution in [-0.4, -0.2) is 22.3 Å². The van der Waals surface area contributed by atoms with Gasteiger partial charge in [-0.1, -0.05) is 6.92 Å². The van der Waals surface area contributed by atoms with Crippen LogP contribution in [0.3, 0.4) is 0 Å². The highest BCUT2D eigenvalue weighted by Gasteiger charge is 1.93. The Kier molecular flexibility index (Phi) is 3.71. The first-order chi connectivity index (χ1) is 4.16. The van der Waals surface area contributed by atoms with Crippen LogP contribution in [0, 0.1) is 0 Å². The van der Waals surface area contributed by atoms with Crippen molar-refractivity contribution in [2.24, 2.45) is 0 Å². The SMILES string of the molecule is CCC(O)/C=C/C(=O)O. The Morgan fingerprint density at radius 1 is 1.78 bits per heavy atom. The molecule has 0 aliphatic heterocycles. The zero-order valence-electron chi connectivity index (χ0n) is 5.24. The summed E-state index contributed by atoms with van der Waals surface area (Å²) in [6.45, 7) is 1.77. The molecule has 0 aromatic heterocycles. The average molecular weight is 130 g/mol. The van der Waals surface area contributed by atoms with E-state index in [0.717, 1.165) is 6.08 Å². The minimum absolute atomic E-state index is 0.545. The van der Waals surface area contributed by atoms with Gasteiger partial charge in [0.1, 0.15) is 0 Å². The van der Waals surface area contributed by atoms with E-state index in [4.69, 9.17) is 10.2 Å². The van der Waals surface area contributed by atoms with E-state index < -0.39 is 12.1 Å². The molecular formula is C6H10O3. The molecule has 0 aliphatic rings. The lowest BCUT2D eigenvalue weighted by molar-refractivity contribution is -0.131. The molecule has 0 aromatic carbocycles. The molecular weight excluding hydrogens is 120 g/mol. The van der Waals surface area contributed by atoms with Gasteiger partial charge in [0, 0.05) is 6.08 Å². The Labute approximate surface area is 53.6 Å². The summed E-state index contributed by atoms with van der Waals surface area (Å²) in [5.74, 6) is -1.03. The second-order valence-electron chi connectivity index (χ2n) is 1.67. The number of carbonyl (C=O) groups is 1. The fourth-order valence-corrected chi connectivity index (χ4v) is 0.329. The summed E-state index contributed by atoms with van der Waals surface area (Å²) in [4.78, 5) is 9.82. The molecule has 0 aromatic rings. The van der Waals surface area contributed by atoms with Crippen molar-refractivity contribution in [2.45, 2.75) is 19.4 Å². The van der Waals surface area contributed by atoms with Crippen molar-refractivity contribution in [3.05, 3.63) is 12.2 Å². The minimum Gasteiger partial charge on any atom is -0.478 e. The third-order valence-corrected chi connectivity index (χ3v) is 0.879. The number of aliphatic carboxylic acids is 1. The van der Waals surface area contributed by atoms with Crippen molar-refractivity contribution in [3.8, 4) is 0 Å². The highest BCUT2D eigenvalue weighted by atomic mass is 16.4. The summed E-state index contributed by atoms with van der Waals surface area (Å²) in [6, 6.07) is 0. The molecule has 3 heteroatoms. The van der Waals surface area contributed by atoms with Crippen molar-refractivity contribution in [1.82, 2.24) is 0 Å². The molecule has 1 unspecified atom stereocenters. The second kappa shape index (κ2) is 4.09. The molecule has 0 spiro atoms. The molecule has 9 heavy (non-hydrogen) atoms. The van der Waals surface area contributed by atoms with Crippen molar-refractivity contribution in [1.29, 1.82) is 0 Å². The Balaban J connectivity index is 3.56. The third-order valence-electron chi connectivity index (χ3n) is 0.879. The molecule has 2 N–H and O–H groups in total. The summed E-state index contributed by atoms with van der Waals surface area (Å²) in [7, 11) is 0. The van der Waals surface area contributed by atoms with Crippen LogP contribution in [0.5, 0.6) is 0 Å². The quantitative estimate of drug-likeness (QED) is 0.543. The second-order valence-corrected chi connectivity index (χ2v) is 1.67. The number of carboxylic acid groups (broad SMARTS) is 1. The van der Waals surface area contributed by atoms with Crippen LogP contribution in [-0.2, 0) is 4.79 Å². The number of aliphatic hydroxyl groups is 1. The van der Waals surface area contributed by atoms with Gasteiger partial charge in [-0.05, 0) is 12.5 Å². The van der Waals surface area contributed by atoms with E-state index in [0.29, 0.717) is 6.42 Å². The van der Waals surface area contributed by atoms with Crippen LogP contribution in [0.25, 0.3) is 0 Å². The Morgan fingerprint density at radius 2 is 2.33 bits per heavy atom. The maximum atomic E-state index is 9.82. The first-order valence-electron chi connectivity index (χ1n) is 2.76. The van der Waals surface area contributed by atoms with Crippen LogP contribution >= 0.6 is 0 Å². The Bertz CT molecular complexity index is 117. The van der Waals surface area contributed by atoms with Gasteiger partial charge in [-0.15, -0.1) is 0 Å². The monoisotopic (exact) mass is 130 g/mol.